The molecule has 6 atom stereocenters. The molecule has 3 aliphatic carbocycles. The van der Waals surface area contributed by atoms with E-state index < -0.39 is 0 Å². The van der Waals surface area contributed by atoms with Crippen molar-refractivity contribution in [2.24, 2.45) is 28.3 Å². The third-order valence-corrected chi connectivity index (χ3v) is 8.72. The molecule has 2 fully saturated rings. The average molecular weight is 429 g/mol. The van der Waals surface area contributed by atoms with Crippen LogP contribution in [0.25, 0.3) is 0 Å². The highest BCUT2D eigenvalue weighted by Crippen LogP contribution is 2.63. The second-order valence-electron chi connectivity index (χ2n) is 10.1. The van der Waals surface area contributed by atoms with Gasteiger partial charge in [0.25, 0.3) is 0 Å². The smallest absolute Gasteiger partial charge is 0.128 e. The van der Waals surface area contributed by atoms with Crippen molar-refractivity contribution >= 4 is 5.71 Å². The number of nitrogens with zero attached hydrogens (tertiary/aromatic N) is 1. The fourth-order valence-electron chi connectivity index (χ4n) is 7.52. The predicted octanol–water partition coefficient (Wildman–Crippen LogP) is 5.47. The van der Waals surface area contributed by atoms with E-state index >= 15 is 0 Å². The summed E-state index contributed by atoms with van der Waals surface area (Å²) in [5.41, 5.74) is 8.64. The van der Waals surface area contributed by atoms with E-state index in [1.807, 2.05) is 6.92 Å². The molecule has 2 saturated carbocycles. The summed E-state index contributed by atoms with van der Waals surface area (Å²) < 4.78 is 5.73. The molecule has 0 radical (unpaired) electrons. The van der Waals surface area contributed by atoms with Gasteiger partial charge in [0, 0.05) is 11.6 Å². The summed E-state index contributed by atoms with van der Waals surface area (Å²) in [4.78, 5) is 10.5. The van der Waals surface area contributed by atoms with Crippen LogP contribution in [0.1, 0.15) is 81.9 Å². The van der Waals surface area contributed by atoms with Gasteiger partial charge in [-0.15, -0.1) is 0 Å². The fourth-order valence-corrected chi connectivity index (χ4v) is 7.52. The van der Waals surface area contributed by atoms with E-state index in [9.17, 15) is 0 Å². The maximum atomic E-state index is 5.73. The maximum absolute atomic E-state index is 5.73. The number of fused-ring (bicyclic) bond motifs is 5. The van der Waals surface area contributed by atoms with Gasteiger partial charge in [0.2, 0.25) is 0 Å². The number of hydroxylamine groups is 1. The molecule has 6 unspecified atom stereocenters. The lowest BCUT2D eigenvalue weighted by atomic mass is 9.53. The predicted molar refractivity (Wildman–Crippen MR) is 125 cm³/mol. The molecule has 0 bridgehead atoms. The number of hydrogen-bond acceptors (Lipinski definition) is 5. The third-order valence-electron chi connectivity index (χ3n) is 8.72. The van der Waals surface area contributed by atoms with Crippen molar-refractivity contribution in [2.45, 2.75) is 77.7 Å². The Morgan fingerprint density at radius 2 is 2.03 bits per heavy atom. The zero-order chi connectivity index (χ0) is 22.2. The number of aryl methyl sites for hydroxylation is 1. The van der Waals surface area contributed by atoms with E-state index in [0.717, 1.165) is 41.2 Å². The van der Waals surface area contributed by atoms with Crippen LogP contribution in [0.4, 0.5) is 0 Å². The molecular formula is C26H40N2O3. The molecule has 0 aromatic heterocycles. The number of methoxy groups -OCH3 is 1. The number of rotatable bonds is 7. The maximum Gasteiger partial charge on any atom is 0.128 e. The van der Waals surface area contributed by atoms with Crippen LogP contribution in [0.15, 0.2) is 17.3 Å². The summed E-state index contributed by atoms with van der Waals surface area (Å²) in [5.74, 6) is 3.82. The standard InChI is InChI=1S/C26H40N2O3/c1-7-8-18-14-24(28-31-6)26(3)12-11-19-20(25(18)26)10-9-17-13-23(29-4)21(15-22(17)19)16(2)27-30-5/h13,15,18-20,24-25,28H,7-12,14H2,1-6H3/b27-16+. The molecule has 5 nitrogen and oxygen atoms in total. The van der Waals surface area contributed by atoms with E-state index in [2.05, 4.69) is 36.6 Å². The molecule has 1 aromatic carbocycles. The SMILES string of the molecule is CCCC1CC(NOC)C2(C)CCC3c4cc(/C(C)=N/OC)c(OC)cc4CCC3C12. The minimum Gasteiger partial charge on any atom is -0.496 e. The van der Waals surface area contributed by atoms with E-state index in [4.69, 9.17) is 14.4 Å². The van der Waals surface area contributed by atoms with Crippen LogP contribution < -0.4 is 10.2 Å². The number of ether oxygens (including phenoxy) is 1. The Labute approximate surface area is 187 Å². The molecule has 1 N–H and O–H groups in total. The fraction of sp³-hybridized carbons (Fsp3) is 0.731. The first-order chi connectivity index (χ1) is 15.0. The monoisotopic (exact) mass is 428 g/mol. The molecule has 1 aromatic rings. The van der Waals surface area contributed by atoms with Crippen molar-refractivity contribution in [3.05, 3.63) is 28.8 Å². The van der Waals surface area contributed by atoms with Crippen molar-refractivity contribution in [3.8, 4) is 5.75 Å². The first-order valence-electron chi connectivity index (χ1n) is 12.1. The van der Waals surface area contributed by atoms with Crippen molar-refractivity contribution in [2.75, 3.05) is 21.3 Å². The number of oxime groups is 1. The molecule has 5 heteroatoms. The van der Waals surface area contributed by atoms with Crippen LogP contribution in [0.5, 0.6) is 5.75 Å². The average Bonchev–Trinajstić information content (AvgIpc) is 3.04. The lowest BCUT2D eigenvalue weighted by Gasteiger charge is -2.52. The summed E-state index contributed by atoms with van der Waals surface area (Å²) in [6, 6.07) is 5.08. The Hall–Kier alpha value is -1.59. The Kier molecular flexibility index (Phi) is 6.64. The molecule has 4 rings (SSSR count). The highest BCUT2D eigenvalue weighted by atomic mass is 16.6. The minimum absolute atomic E-state index is 0.317. The van der Waals surface area contributed by atoms with E-state index in [-0.39, 0.29) is 0 Å². The first kappa shape index (κ1) is 22.6. The molecule has 0 amide bonds. The molecule has 0 aliphatic heterocycles. The van der Waals surface area contributed by atoms with Crippen molar-refractivity contribution in [1.29, 1.82) is 0 Å². The Balaban J connectivity index is 1.72. The van der Waals surface area contributed by atoms with Gasteiger partial charge in [-0.05, 0) is 91.4 Å². The van der Waals surface area contributed by atoms with Crippen LogP contribution in [0, 0.1) is 23.2 Å². The zero-order valence-corrected chi connectivity index (χ0v) is 20.2. The quantitative estimate of drug-likeness (QED) is 0.462. The Bertz CT molecular complexity index is 823. The molecule has 31 heavy (non-hydrogen) atoms. The van der Waals surface area contributed by atoms with Crippen LogP contribution >= 0.6 is 0 Å². The second kappa shape index (κ2) is 9.11. The topological polar surface area (TPSA) is 52.1 Å². The highest BCUT2D eigenvalue weighted by Gasteiger charge is 2.58. The molecule has 0 saturated heterocycles. The van der Waals surface area contributed by atoms with E-state index in [0.29, 0.717) is 17.4 Å². The van der Waals surface area contributed by atoms with Gasteiger partial charge in [0.1, 0.15) is 12.9 Å². The summed E-state index contributed by atoms with van der Waals surface area (Å²) >= 11 is 0. The number of nitrogens with one attached hydrogen (secondary N) is 1. The Morgan fingerprint density at radius 1 is 1.23 bits per heavy atom. The van der Waals surface area contributed by atoms with Gasteiger partial charge < -0.3 is 14.4 Å². The number of benzene rings is 1. The second-order valence-corrected chi connectivity index (χ2v) is 10.1. The van der Waals surface area contributed by atoms with Gasteiger partial charge in [-0.1, -0.05) is 31.8 Å². The molecule has 0 spiro atoms. The summed E-state index contributed by atoms with van der Waals surface area (Å²) in [5, 5.41) is 4.20. The lowest BCUT2D eigenvalue weighted by molar-refractivity contribution is -0.0269. The van der Waals surface area contributed by atoms with E-state index in [1.54, 1.807) is 21.3 Å². The molecule has 0 heterocycles. The van der Waals surface area contributed by atoms with Crippen molar-refractivity contribution in [3.63, 3.8) is 0 Å². The summed E-state index contributed by atoms with van der Waals surface area (Å²) in [7, 11) is 5.12. The highest BCUT2D eigenvalue weighted by molar-refractivity contribution is 6.01. The largest absolute Gasteiger partial charge is 0.496 e. The normalized spacial score (nSPS) is 34.6. The summed E-state index contributed by atoms with van der Waals surface area (Å²) in [6.45, 7) is 6.87. The van der Waals surface area contributed by atoms with Crippen LogP contribution in [-0.2, 0) is 16.1 Å². The van der Waals surface area contributed by atoms with Gasteiger partial charge in [0.05, 0.1) is 19.9 Å². The summed E-state index contributed by atoms with van der Waals surface area (Å²) in [6.07, 6.45) is 8.76. The van der Waals surface area contributed by atoms with Crippen molar-refractivity contribution in [1.82, 2.24) is 5.48 Å². The van der Waals surface area contributed by atoms with Gasteiger partial charge in [0.15, 0.2) is 0 Å². The number of hydrogen-bond donors (Lipinski definition) is 1. The van der Waals surface area contributed by atoms with Gasteiger partial charge >= 0.3 is 0 Å². The first-order valence-corrected chi connectivity index (χ1v) is 12.1. The zero-order valence-electron chi connectivity index (χ0n) is 20.2. The Morgan fingerprint density at radius 3 is 2.71 bits per heavy atom. The minimum atomic E-state index is 0.317. The lowest BCUT2D eigenvalue weighted by Crippen LogP contribution is -2.49. The molecule has 3 aliphatic rings. The van der Waals surface area contributed by atoms with Gasteiger partial charge in [-0.25, -0.2) is 0 Å². The van der Waals surface area contributed by atoms with Gasteiger partial charge in [-0.3, -0.25) is 0 Å². The van der Waals surface area contributed by atoms with Gasteiger partial charge in [-0.2, -0.15) is 5.48 Å². The van der Waals surface area contributed by atoms with Crippen LogP contribution in [0.3, 0.4) is 0 Å². The third kappa shape index (κ3) is 3.78. The van der Waals surface area contributed by atoms with Crippen LogP contribution in [0.2, 0.25) is 0 Å². The van der Waals surface area contributed by atoms with Crippen LogP contribution in [-0.4, -0.2) is 33.1 Å². The molecular weight excluding hydrogens is 388 g/mol. The van der Waals surface area contributed by atoms with Crippen molar-refractivity contribution < 1.29 is 14.4 Å². The van der Waals surface area contributed by atoms with E-state index in [1.165, 1.54) is 49.7 Å². The molecule has 172 valence electrons.